The summed E-state index contributed by atoms with van der Waals surface area (Å²) in [4.78, 5) is 0. The van der Waals surface area contributed by atoms with Crippen LogP contribution in [0.2, 0.25) is 0 Å². The van der Waals surface area contributed by atoms with E-state index in [2.05, 4.69) is 26.8 Å². The zero-order valence-corrected chi connectivity index (χ0v) is 12.6. The number of epoxide rings is 1. The van der Waals surface area contributed by atoms with E-state index >= 15 is 0 Å². The Hall–Kier alpha value is -1.26. The molecule has 1 unspecified atom stereocenters. The Bertz CT molecular complexity index is 462. The van der Waals surface area contributed by atoms with Crippen LogP contribution in [-0.2, 0) is 21.3 Å². The average molecular weight is 279 g/mol. The molecule has 0 spiro atoms. The number of anilines is 1. The maximum Gasteiger partial charge on any atom is 0.142 e. The second-order valence-corrected chi connectivity index (χ2v) is 6.47. The molecule has 0 bridgehead atoms. The number of phenols is 1. The van der Waals surface area contributed by atoms with E-state index in [0.717, 1.165) is 37.2 Å². The smallest absolute Gasteiger partial charge is 0.142 e. The van der Waals surface area contributed by atoms with Crippen LogP contribution < -0.4 is 5.73 Å². The number of benzene rings is 1. The number of hydrogen-bond donors (Lipinski definition) is 2. The highest BCUT2D eigenvalue weighted by Gasteiger charge is 2.22. The van der Waals surface area contributed by atoms with E-state index < -0.39 is 0 Å². The van der Waals surface area contributed by atoms with Gasteiger partial charge in [0.2, 0.25) is 0 Å². The van der Waals surface area contributed by atoms with Gasteiger partial charge >= 0.3 is 0 Å². The highest BCUT2D eigenvalue weighted by atomic mass is 16.6. The molecule has 0 radical (unpaired) electrons. The standard InChI is InChI=1S/C16H25NO3/c1-16(2,3)13-7-11(8-14(17)15(13)18)5-4-6-19-9-12-10-20-12/h7-8,12,18H,4-6,9-10,17H2,1-3H3. The molecule has 20 heavy (non-hydrogen) atoms. The number of nitrogen functional groups attached to an aromatic ring is 1. The lowest BCUT2D eigenvalue weighted by molar-refractivity contribution is 0.114. The van der Waals surface area contributed by atoms with Crippen molar-refractivity contribution in [1.29, 1.82) is 0 Å². The fourth-order valence-corrected chi connectivity index (χ4v) is 2.19. The molecule has 112 valence electrons. The first-order chi connectivity index (χ1) is 9.38. The molecule has 0 aromatic heterocycles. The largest absolute Gasteiger partial charge is 0.505 e. The first-order valence-electron chi connectivity index (χ1n) is 7.19. The van der Waals surface area contributed by atoms with E-state index in [-0.39, 0.29) is 11.2 Å². The molecule has 2 rings (SSSR count). The lowest BCUT2D eigenvalue weighted by atomic mass is 9.84. The number of ether oxygens (including phenoxy) is 2. The van der Waals surface area contributed by atoms with Gasteiger partial charge in [0.15, 0.2) is 0 Å². The number of hydrogen-bond acceptors (Lipinski definition) is 4. The van der Waals surface area contributed by atoms with Crippen LogP contribution in [0.3, 0.4) is 0 Å². The van der Waals surface area contributed by atoms with Crippen molar-refractivity contribution >= 4 is 5.69 Å². The topological polar surface area (TPSA) is 68.0 Å². The van der Waals surface area contributed by atoms with E-state index in [4.69, 9.17) is 15.2 Å². The Labute approximate surface area is 120 Å². The van der Waals surface area contributed by atoms with Gasteiger partial charge in [0, 0.05) is 12.2 Å². The van der Waals surface area contributed by atoms with Crippen molar-refractivity contribution in [2.75, 3.05) is 25.6 Å². The SMILES string of the molecule is CC(C)(C)c1cc(CCCOCC2CO2)cc(N)c1O. The first-order valence-corrected chi connectivity index (χ1v) is 7.19. The molecule has 1 fully saturated rings. The second-order valence-electron chi connectivity index (χ2n) is 6.47. The number of rotatable bonds is 6. The maximum atomic E-state index is 10.1. The third kappa shape index (κ3) is 4.12. The monoisotopic (exact) mass is 279 g/mol. The molecule has 1 aliphatic heterocycles. The minimum absolute atomic E-state index is 0.117. The Morgan fingerprint density at radius 3 is 2.70 bits per heavy atom. The van der Waals surface area contributed by atoms with Crippen molar-refractivity contribution in [3.8, 4) is 5.75 Å². The maximum absolute atomic E-state index is 10.1. The normalized spacial score (nSPS) is 18.2. The van der Waals surface area contributed by atoms with E-state index in [9.17, 15) is 5.11 Å². The third-order valence-corrected chi connectivity index (χ3v) is 3.47. The van der Waals surface area contributed by atoms with Crippen molar-refractivity contribution in [2.24, 2.45) is 0 Å². The lowest BCUT2D eigenvalue weighted by Gasteiger charge is -2.22. The van der Waals surface area contributed by atoms with Crippen LogP contribution in [0.5, 0.6) is 5.75 Å². The summed E-state index contributed by atoms with van der Waals surface area (Å²) in [6.07, 6.45) is 2.17. The molecule has 1 aromatic carbocycles. The van der Waals surface area contributed by atoms with Crippen LogP contribution in [-0.4, -0.2) is 31.0 Å². The number of aryl methyl sites for hydroxylation is 1. The molecule has 1 heterocycles. The fourth-order valence-electron chi connectivity index (χ4n) is 2.19. The minimum Gasteiger partial charge on any atom is -0.505 e. The van der Waals surface area contributed by atoms with Gasteiger partial charge in [0.1, 0.15) is 11.9 Å². The van der Waals surface area contributed by atoms with E-state index in [1.54, 1.807) is 0 Å². The summed E-state index contributed by atoms with van der Waals surface area (Å²) in [7, 11) is 0. The number of aromatic hydroxyl groups is 1. The van der Waals surface area contributed by atoms with Gasteiger partial charge in [0.05, 0.1) is 18.9 Å². The third-order valence-electron chi connectivity index (χ3n) is 3.47. The summed E-state index contributed by atoms with van der Waals surface area (Å²) >= 11 is 0. The van der Waals surface area contributed by atoms with Crippen LogP contribution in [0.4, 0.5) is 5.69 Å². The predicted octanol–water partition coefficient (Wildman–Crippen LogP) is 2.62. The summed E-state index contributed by atoms with van der Waals surface area (Å²) in [6.45, 7) is 8.48. The lowest BCUT2D eigenvalue weighted by Crippen LogP contribution is -2.13. The van der Waals surface area contributed by atoms with E-state index in [0.29, 0.717) is 18.4 Å². The van der Waals surface area contributed by atoms with Crippen LogP contribution >= 0.6 is 0 Å². The van der Waals surface area contributed by atoms with Gasteiger partial charge in [-0.2, -0.15) is 0 Å². The molecule has 1 aliphatic rings. The van der Waals surface area contributed by atoms with Gasteiger partial charge in [-0.15, -0.1) is 0 Å². The van der Waals surface area contributed by atoms with Crippen LogP contribution in [0, 0.1) is 0 Å². The molecule has 0 aliphatic carbocycles. The summed E-state index contributed by atoms with van der Waals surface area (Å²) < 4.78 is 10.6. The van der Waals surface area contributed by atoms with Crippen molar-refractivity contribution in [3.63, 3.8) is 0 Å². The zero-order chi connectivity index (χ0) is 14.8. The van der Waals surface area contributed by atoms with Crippen molar-refractivity contribution < 1.29 is 14.6 Å². The van der Waals surface area contributed by atoms with Crippen molar-refractivity contribution in [1.82, 2.24) is 0 Å². The van der Waals surface area contributed by atoms with Gasteiger partial charge in [-0.3, -0.25) is 0 Å². The van der Waals surface area contributed by atoms with Gasteiger partial charge in [0.25, 0.3) is 0 Å². The Balaban J connectivity index is 1.91. The highest BCUT2D eigenvalue weighted by Crippen LogP contribution is 2.36. The predicted molar refractivity (Wildman–Crippen MR) is 80.1 cm³/mol. The van der Waals surface area contributed by atoms with Crippen LogP contribution in [0.1, 0.15) is 38.3 Å². The average Bonchev–Trinajstić information content (AvgIpc) is 3.15. The summed E-state index contributed by atoms with van der Waals surface area (Å²) in [5.41, 5.74) is 8.29. The zero-order valence-electron chi connectivity index (χ0n) is 12.6. The molecular formula is C16H25NO3. The molecule has 4 nitrogen and oxygen atoms in total. The van der Waals surface area contributed by atoms with Gasteiger partial charge in [-0.1, -0.05) is 26.8 Å². The Morgan fingerprint density at radius 2 is 2.10 bits per heavy atom. The quantitative estimate of drug-likeness (QED) is 0.363. The summed E-state index contributed by atoms with van der Waals surface area (Å²) in [5.74, 6) is 0.211. The molecule has 1 atom stereocenters. The van der Waals surface area contributed by atoms with Gasteiger partial charge in [-0.05, 0) is 29.9 Å². The Kier molecular flexibility index (Phi) is 4.55. The molecule has 1 aromatic rings. The first kappa shape index (κ1) is 15.1. The number of phenolic OH excluding ortho intramolecular Hbond substituents is 1. The highest BCUT2D eigenvalue weighted by molar-refractivity contribution is 5.59. The van der Waals surface area contributed by atoms with Crippen molar-refractivity contribution in [3.05, 3.63) is 23.3 Å². The summed E-state index contributed by atoms with van der Waals surface area (Å²) in [5, 5.41) is 10.1. The molecule has 0 amide bonds. The van der Waals surface area contributed by atoms with E-state index in [1.807, 2.05) is 6.07 Å². The minimum atomic E-state index is -0.117. The van der Waals surface area contributed by atoms with Gasteiger partial charge in [-0.25, -0.2) is 0 Å². The summed E-state index contributed by atoms with van der Waals surface area (Å²) in [6, 6.07) is 3.91. The fraction of sp³-hybridized carbons (Fsp3) is 0.625. The molecule has 0 saturated carbocycles. The molecule has 4 heteroatoms. The van der Waals surface area contributed by atoms with Crippen LogP contribution in [0.25, 0.3) is 0 Å². The van der Waals surface area contributed by atoms with Gasteiger partial charge < -0.3 is 20.3 Å². The molecule has 3 N–H and O–H groups in total. The Morgan fingerprint density at radius 1 is 1.40 bits per heavy atom. The van der Waals surface area contributed by atoms with Crippen molar-refractivity contribution in [2.45, 2.75) is 45.1 Å². The van der Waals surface area contributed by atoms with Crippen LogP contribution in [0.15, 0.2) is 12.1 Å². The molecule has 1 saturated heterocycles. The van der Waals surface area contributed by atoms with E-state index in [1.165, 1.54) is 0 Å². The number of nitrogens with two attached hydrogens (primary N) is 1. The second kappa shape index (κ2) is 6.02. The molecular weight excluding hydrogens is 254 g/mol.